The van der Waals surface area contributed by atoms with Gasteiger partial charge in [0, 0.05) is 36.3 Å². The molecule has 9 nitrogen and oxygen atoms in total. The van der Waals surface area contributed by atoms with Crippen molar-refractivity contribution < 1.29 is 24.2 Å². The zero-order chi connectivity index (χ0) is 26.6. The van der Waals surface area contributed by atoms with E-state index in [1.54, 1.807) is 18.5 Å². The van der Waals surface area contributed by atoms with Crippen LogP contribution in [0, 0.1) is 10.8 Å². The second kappa shape index (κ2) is 10.7. The van der Waals surface area contributed by atoms with Crippen molar-refractivity contribution in [2.75, 3.05) is 20.8 Å². The number of carbonyl (C=O) groups is 2. The highest BCUT2D eigenvalue weighted by molar-refractivity contribution is 5.94. The number of H-pyrrole nitrogens is 1. The summed E-state index contributed by atoms with van der Waals surface area (Å²) in [5.41, 5.74) is 3.25. The Balaban J connectivity index is 0.000000146. The number of carbonyl (C=O) groups excluding carboxylic acids is 2. The van der Waals surface area contributed by atoms with E-state index in [1.807, 2.05) is 34.9 Å². The number of hydrogen-bond acceptors (Lipinski definition) is 7. The summed E-state index contributed by atoms with van der Waals surface area (Å²) in [5, 5.41) is 10.4. The summed E-state index contributed by atoms with van der Waals surface area (Å²) in [6, 6.07) is 11.1. The molecule has 2 fully saturated rings. The Bertz CT molecular complexity index is 1370. The van der Waals surface area contributed by atoms with Crippen molar-refractivity contribution in [1.29, 1.82) is 0 Å². The maximum atomic E-state index is 11.8. The zero-order valence-corrected chi connectivity index (χ0v) is 21.8. The van der Waals surface area contributed by atoms with Gasteiger partial charge in [-0.3, -0.25) is 0 Å². The van der Waals surface area contributed by atoms with Crippen molar-refractivity contribution in [2.45, 2.75) is 46.1 Å². The van der Waals surface area contributed by atoms with Gasteiger partial charge in [-0.15, -0.1) is 0 Å². The van der Waals surface area contributed by atoms with Crippen molar-refractivity contribution in [3.8, 4) is 0 Å². The number of hydrogen-bond donors (Lipinski definition) is 2. The van der Waals surface area contributed by atoms with E-state index in [4.69, 9.17) is 9.84 Å². The summed E-state index contributed by atoms with van der Waals surface area (Å²) in [4.78, 5) is 34.2. The highest BCUT2D eigenvalue weighted by atomic mass is 16.5. The molecule has 4 aromatic rings. The lowest BCUT2D eigenvalue weighted by atomic mass is 10.1. The monoisotopic (exact) mass is 506 g/mol. The van der Waals surface area contributed by atoms with E-state index in [0.717, 1.165) is 23.0 Å². The maximum absolute atomic E-state index is 11.8. The van der Waals surface area contributed by atoms with Gasteiger partial charge in [0.05, 0.1) is 14.2 Å². The third-order valence-electron chi connectivity index (χ3n) is 6.98. The van der Waals surface area contributed by atoms with Crippen LogP contribution in [0.2, 0.25) is 0 Å². The van der Waals surface area contributed by atoms with E-state index >= 15 is 0 Å². The molecule has 4 heterocycles. The first-order valence-electron chi connectivity index (χ1n) is 12.4. The first-order valence-corrected chi connectivity index (χ1v) is 12.4. The molecular weight excluding hydrogens is 472 g/mol. The molecule has 0 saturated heterocycles. The summed E-state index contributed by atoms with van der Waals surface area (Å²) >= 11 is 0. The molecule has 37 heavy (non-hydrogen) atoms. The molecule has 4 aromatic heterocycles. The number of esters is 2. The zero-order valence-electron chi connectivity index (χ0n) is 21.8. The van der Waals surface area contributed by atoms with Crippen LogP contribution in [0.1, 0.15) is 60.5 Å². The van der Waals surface area contributed by atoms with Gasteiger partial charge >= 0.3 is 11.9 Å². The second-order valence-corrected chi connectivity index (χ2v) is 10.4. The molecule has 0 spiro atoms. The van der Waals surface area contributed by atoms with Crippen molar-refractivity contribution in [1.82, 2.24) is 19.5 Å². The van der Waals surface area contributed by atoms with E-state index < -0.39 is 0 Å². The van der Waals surface area contributed by atoms with Crippen LogP contribution >= 0.6 is 0 Å². The number of aliphatic hydroxyl groups excluding tert-OH is 1. The van der Waals surface area contributed by atoms with Crippen LogP contribution in [0.15, 0.2) is 48.8 Å². The molecule has 0 aromatic carbocycles. The quantitative estimate of drug-likeness (QED) is 0.375. The van der Waals surface area contributed by atoms with Gasteiger partial charge in [0.2, 0.25) is 0 Å². The minimum Gasteiger partial charge on any atom is -0.464 e. The Kier molecular flexibility index (Phi) is 7.63. The van der Waals surface area contributed by atoms with Gasteiger partial charge in [-0.1, -0.05) is 13.8 Å². The summed E-state index contributed by atoms with van der Waals surface area (Å²) < 4.78 is 11.4. The number of aromatic nitrogens is 4. The molecule has 2 aliphatic carbocycles. The largest absolute Gasteiger partial charge is 0.464 e. The Morgan fingerprint density at radius 3 is 2.11 bits per heavy atom. The number of nitrogens with one attached hydrogen (secondary N) is 1. The summed E-state index contributed by atoms with van der Waals surface area (Å²) in [6.07, 6.45) is 8.29. The Labute approximate surface area is 215 Å². The van der Waals surface area contributed by atoms with Crippen LogP contribution in [0.3, 0.4) is 0 Å². The molecule has 0 unspecified atom stereocenters. The van der Waals surface area contributed by atoms with Crippen LogP contribution in [0.5, 0.6) is 0 Å². The second-order valence-electron chi connectivity index (χ2n) is 10.4. The Morgan fingerprint density at radius 2 is 1.57 bits per heavy atom. The molecule has 2 aliphatic rings. The minimum absolute atomic E-state index is 0.294. The number of nitrogens with zero attached hydrogens (tertiary/aromatic N) is 3. The minimum atomic E-state index is -0.377. The third-order valence-corrected chi connectivity index (χ3v) is 6.98. The van der Waals surface area contributed by atoms with Gasteiger partial charge < -0.3 is 24.1 Å². The van der Waals surface area contributed by atoms with Gasteiger partial charge in [0.1, 0.15) is 22.7 Å². The molecule has 0 atom stereocenters. The molecule has 2 saturated carbocycles. The number of fused-ring (bicyclic) bond motifs is 2. The van der Waals surface area contributed by atoms with E-state index in [9.17, 15) is 9.59 Å². The molecule has 0 bridgehead atoms. The van der Waals surface area contributed by atoms with Crippen LogP contribution in [0.25, 0.3) is 22.1 Å². The maximum Gasteiger partial charge on any atom is 0.354 e. The number of aromatic amines is 1. The van der Waals surface area contributed by atoms with Gasteiger partial charge in [0.25, 0.3) is 0 Å². The highest BCUT2D eigenvalue weighted by Gasteiger charge is 2.39. The smallest absolute Gasteiger partial charge is 0.354 e. The third kappa shape index (κ3) is 6.35. The van der Waals surface area contributed by atoms with Crippen LogP contribution < -0.4 is 0 Å². The lowest BCUT2D eigenvalue weighted by Crippen LogP contribution is -2.15. The van der Waals surface area contributed by atoms with Crippen molar-refractivity contribution in [3.63, 3.8) is 0 Å². The van der Waals surface area contributed by atoms with Crippen LogP contribution in [-0.4, -0.2) is 57.4 Å². The lowest BCUT2D eigenvalue weighted by Gasteiger charge is -2.13. The SMILES string of the molecule is CC1(CO)CC1.COC(=O)c1cc2cccnc2[nH]1.COC(=O)c1cc2cccnc2n1CC1(C)CC1. The fourth-order valence-electron chi connectivity index (χ4n) is 3.82. The number of ether oxygens (including phenoxy) is 2. The van der Waals surface area contributed by atoms with Crippen molar-refractivity contribution in [2.24, 2.45) is 10.8 Å². The lowest BCUT2D eigenvalue weighted by molar-refractivity contribution is 0.0582. The van der Waals surface area contributed by atoms with Crippen LogP contribution in [0.4, 0.5) is 0 Å². The van der Waals surface area contributed by atoms with Gasteiger partial charge in [-0.2, -0.15) is 0 Å². The molecule has 0 amide bonds. The summed E-state index contributed by atoms with van der Waals surface area (Å²) in [5.74, 6) is -0.671. The number of methoxy groups -OCH3 is 2. The first kappa shape index (κ1) is 26.3. The average Bonchev–Trinajstić information content (AvgIpc) is 3.75. The summed E-state index contributed by atoms with van der Waals surface area (Å²) in [6.45, 7) is 5.56. The van der Waals surface area contributed by atoms with Crippen LogP contribution in [-0.2, 0) is 16.0 Å². The molecule has 9 heteroatoms. The summed E-state index contributed by atoms with van der Waals surface area (Å²) in [7, 11) is 2.76. The van der Waals surface area contributed by atoms with E-state index in [1.165, 1.54) is 39.9 Å². The topological polar surface area (TPSA) is 119 Å². The molecule has 0 aliphatic heterocycles. The fraction of sp³-hybridized carbons (Fsp3) is 0.429. The van der Waals surface area contributed by atoms with Gasteiger partial charge in [-0.05, 0) is 72.9 Å². The molecule has 6 rings (SSSR count). The predicted octanol–water partition coefficient (Wildman–Crippen LogP) is 4.75. The number of rotatable bonds is 5. The van der Waals surface area contributed by atoms with Crippen molar-refractivity contribution >= 4 is 34.0 Å². The van der Waals surface area contributed by atoms with E-state index in [2.05, 4.69) is 33.5 Å². The molecule has 0 radical (unpaired) electrons. The van der Waals surface area contributed by atoms with Gasteiger partial charge in [-0.25, -0.2) is 19.6 Å². The normalized spacial score (nSPS) is 16.1. The number of aliphatic hydroxyl groups is 1. The van der Waals surface area contributed by atoms with E-state index in [-0.39, 0.29) is 11.9 Å². The Hall–Kier alpha value is -3.72. The molecule has 2 N–H and O–H groups in total. The van der Waals surface area contributed by atoms with Gasteiger partial charge in [0.15, 0.2) is 0 Å². The standard InChI is InChI=1S/C14H16N2O2.C9H8N2O2.C5H10O/c1-14(5-6-14)9-16-11(13(17)18-2)8-10-4-3-7-15-12(10)16;1-13-9(12)7-5-6-3-2-4-10-8(6)11-7;1-5(4-6)2-3-5/h3-4,7-8H,5-6,9H2,1-2H3;2-5H,1H3,(H,10,11);6H,2-4H2,1H3. The fourth-order valence-corrected chi connectivity index (χ4v) is 3.82. The van der Waals surface area contributed by atoms with E-state index in [0.29, 0.717) is 34.5 Å². The first-order chi connectivity index (χ1) is 17.7. The van der Waals surface area contributed by atoms with Crippen molar-refractivity contribution in [3.05, 3.63) is 60.2 Å². The molecular formula is C28H34N4O5. The Morgan fingerprint density at radius 1 is 0.946 bits per heavy atom. The average molecular weight is 507 g/mol. The molecule has 196 valence electrons. The highest BCUT2D eigenvalue weighted by Crippen LogP contribution is 2.47. The number of pyridine rings is 2. The predicted molar refractivity (Wildman–Crippen MR) is 140 cm³/mol.